The Morgan fingerprint density at radius 1 is 1.00 bits per heavy atom. The summed E-state index contributed by atoms with van der Waals surface area (Å²) >= 11 is 3.91. The van der Waals surface area contributed by atoms with Gasteiger partial charge in [-0.15, -0.1) is 23.5 Å². The second-order valence-corrected chi connectivity index (χ2v) is 11.3. The minimum absolute atomic E-state index is 0.424. The molecule has 0 aromatic rings. The van der Waals surface area contributed by atoms with E-state index < -0.39 is 0 Å². The first-order valence-corrected chi connectivity index (χ1v) is 11.2. The maximum absolute atomic E-state index is 2.22. The van der Waals surface area contributed by atoms with Crippen LogP contribution in [0.2, 0.25) is 0 Å². The molecule has 0 saturated heterocycles. The molecule has 0 N–H and O–H groups in total. The van der Waals surface area contributed by atoms with Crippen molar-refractivity contribution in [2.24, 2.45) is 0 Å². The van der Waals surface area contributed by atoms with Crippen molar-refractivity contribution in [3.63, 3.8) is 0 Å². The molecule has 1 saturated carbocycles. The molecule has 5 heteroatoms. The highest BCUT2D eigenvalue weighted by molar-refractivity contribution is 9.18. The molecule has 1 fully saturated rings. The van der Waals surface area contributed by atoms with Gasteiger partial charge in [-0.25, -0.2) is 0 Å². The molecule has 2 heterocycles. The normalized spacial score (nSPS) is 25.6. The average Bonchev–Trinajstić information content (AvgIpc) is 2.81. The van der Waals surface area contributed by atoms with E-state index in [9.17, 15) is 0 Å². The van der Waals surface area contributed by atoms with E-state index in [2.05, 4.69) is 34.1 Å². The van der Waals surface area contributed by atoms with Gasteiger partial charge < -0.3 is 0 Å². The van der Waals surface area contributed by atoms with E-state index in [0.29, 0.717) is 8.55 Å². The van der Waals surface area contributed by atoms with Crippen molar-refractivity contribution in [1.82, 2.24) is 0 Å². The summed E-state index contributed by atoms with van der Waals surface area (Å²) in [5.41, 5.74) is 3.40. The van der Waals surface area contributed by atoms with E-state index >= 15 is 0 Å². The Kier molecular flexibility index (Phi) is 3.29. The summed E-state index contributed by atoms with van der Waals surface area (Å²) in [5.74, 6) is 0. The lowest BCUT2D eigenvalue weighted by Crippen LogP contribution is -2.09. The van der Waals surface area contributed by atoms with Crippen LogP contribution in [0.25, 0.3) is 0 Å². The zero-order valence-electron chi connectivity index (χ0n) is 8.66. The molecule has 3 rings (SSSR count). The molecule has 0 spiro atoms. The molecule has 0 bridgehead atoms. The Labute approximate surface area is 109 Å². The first kappa shape index (κ1) is 11.2. The second kappa shape index (κ2) is 4.41. The fraction of sp³-hybridized carbons (Fsp3) is 0.500. The Hall–Kier alpha value is 1.10. The van der Waals surface area contributed by atoms with Crippen LogP contribution in [0.15, 0.2) is 19.6 Å². The van der Waals surface area contributed by atoms with E-state index in [-0.39, 0.29) is 0 Å². The fourth-order valence-corrected chi connectivity index (χ4v) is 13.7. The summed E-state index contributed by atoms with van der Waals surface area (Å²) in [4.78, 5) is 1.74. The molecular weight excluding hydrogens is 280 g/mol. The Morgan fingerprint density at radius 3 is 2.00 bits per heavy atom. The molecule has 0 unspecified atom stereocenters. The third-order valence-corrected chi connectivity index (χ3v) is 12.2. The van der Waals surface area contributed by atoms with Gasteiger partial charge in [0.25, 0.3) is 0 Å². The van der Waals surface area contributed by atoms with Gasteiger partial charge in [-0.2, -0.15) is 0 Å². The number of hydrogen-bond acceptors (Lipinski definition) is 4. The molecule has 2 aliphatic heterocycles. The molecule has 3 aliphatic rings. The van der Waals surface area contributed by atoms with Gasteiger partial charge in [0.05, 0.1) is 8.47 Å². The molecule has 0 amide bonds. The molecule has 0 nitrogen and oxygen atoms in total. The van der Waals surface area contributed by atoms with Gasteiger partial charge in [0.1, 0.15) is 0 Å². The molecule has 0 atom stereocenters. The number of rotatable bonds is 2. The van der Waals surface area contributed by atoms with Gasteiger partial charge in [-0.05, 0) is 64.5 Å². The predicted molar refractivity (Wildman–Crippen MR) is 82.7 cm³/mol. The van der Waals surface area contributed by atoms with E-state index in [1.54, 1.807) is 24.5 Å². The van der Waals surface area contributed by atoms with Crippen LogP contribution < -0.4 is 0 Å². The monoisotopic (exact) mass is 292 g/mol. The Bertz CT molecular complexity index is 380. The third-order valence-electron chi connectivity index (χ3n) is 2.73. The number of thioether (sulfide) groups is 2. The van der Waals surface area contributed by atoms with E-state index in [1.165, 1.54) is 19.3 Å². The standard InChI is InChI=1S/C10H12S5/c1-11-9-6-4-3-5-7-8(6)15(13-9)14-10(7)12-2/h3-5H2,1-2H3. The van der Waals surface area contributed by atoms with Crippen molar-refractivity contribution in [3.8, 4) is 0 Å². The largest absolute Gasteiger partial charge is 0.122 e. The van der Waals surface area contributed by atoms with Crippen molar-refractivity contribution in [1.29, 1.82) is 0 Å². The lowest BCUT2D eigenvalue weighted by Gasteiger charge is -2.18. The van der Waals surface area contributed by atoms with Gasteiger partial charge in [-0.1, -0.05) is 8.55 Å². The molecule has 0 radical (unpaired) electrons. The molecular formula is C10H12S5. The van der Waals surface area contributed by atoms with Crippen molar-refractivity contribution >= 4 is 58.5 Å². The summed E-state index contributed by atoms with van der Waals surface area (Å²) < 4.78 is 3.22. The molecule has 82 valence electrons. The van der Waals surface area contributed by atoms with Crippen molar-refractivity contribution in [2.75, 3.05) is 12.5 Å². The van der Waals surface area contributed by atoms with Crippen LogP contribution in [0, 0.1) is 0 Å². The van der Waals surface area contributed by atoms with Crippen LogP contribution in [-0.4, -0.2) is 17.4 Å². The first-order valence-electron chi connectivity index (χ1n) is 4.88. The number of hydrogen-bond donors (Lipinski definition) is 0. The SMILES string of the molecule is CSC1=C2CCCC3=C(SC)SS(=C23)S1. The van der Waals surface area contributed by atoms with Crippen LogP contribution >= 0.6 is 53.7 Å². The van der Waals surface area contributed by atoms with E-state index in [4.69, 9.17) is 0 Å². The highest BCUT2D eigenvalue weighted by atomic mass is 33.5. The van der Waals surface area contributed by atoms with Gasteiger partial charge in [-0.3, -0.25) is 0 Å². The molecule has 1 aliphatic carbocycles. The van der Waals surface area contributed by atoms with E-state index in [1.807, 2.05) is 23.5 Å². The quantitative estimate of drug-likeness (QED) is 0.513. The maximum Gasteiger partial charge on any atom is 0.0555 e. The van der Waals surface area contributed by atoms with Gasteiger partial charge >= 0.3 is 0 Å². The van der Waals surface area contributed by atoms with Crippen LogP contribution in [0.3, 0.4) is 0 Å². The lowest BCUT2D eigenvalue weighted by atomic mass is 9.92. The maximum atomic E-state index is 2.22. The highest BCUT2D eigenvalue weighted by Crippen LogP contribution is 2.68. The summed E-state index contributed by atoms with van der Waals surface area (Å²) in [5, 5.41) is 0. The summed E-state index contributed by atoms with van der Waals surface area (Å²) in [7, 11) is 4.66. The van der Waals surface area contributed by atoms with Crippen molar-refractivity contribution < 1.29 is 0 Å². The summed E-state index contributed by atoms with van der Waals surface area (Å²) in [6, 6.07) is 0. The zero-order valence-corrected chi connectivity index (χ0v) is 12.7. The third kappa shape index (κ3) is 1.69. The fourth-order valence-electron chi connectivity index (χ4n) is 2.09. The van der Waals surface area contributed by atoms with Crippen LogP contribution in [0.1, 0.15) is 19.3 Å². The summed E-state index contributed by atoms with van der Waals surface area (Å²) in [6.07, 6.45) is 8.46. The summed E-state index contributed by atoms with van der Waals surface area (Å²) in [6.45, 7) is 0. The van der Waals surface area contributed by atoms with Crippen LogP contribution in [-0.2, 0) is 0 Å². The smallest absolute Gasteiger partial charge is 0.0555 e. The molecule has 15 heavy (non-hydrogen) atoms. The van der Waals surface area contributed by atoms with Crippen LogP contribution in [0.5, 0.6) is 0 Å². The first-order chi connectivity index (χ1) is 7.35. The predicted octanol–water partition coefficient (Wildman–Crippen LogP) is 5.08. The topological polar surface area (TPSA) is 0 Å². The Morgan fingerprint density at radius 2 is 1.53 bits per heavy atom. The minimum Gasteiger partial charge on any atom is -0.122 e. The molecule has 0 aromatic heterocycles. The molecule has 0 aromatic carbocycles. The van der Waals surface area contributed by atoms with Crippen molar-refractivity contribution in [3.05, 3.63) is 19.6 Å². The van der Waals surface area contributed by atoms with Gasteiger partial charge in [0.2, 0.25) is 0 Å². The zero-order chi connectivity index (χ0) is 10.4. The highest BCUT2D eigenvalue weighted by Gasteiger charge is 2.36. The Balaban J connectivity index is 2.07. The van der Waals surface area contributed by atoms with Gasteiger partial charge in [0.15, 0.2) is 0 Å². The van der Waals surface area contributed by atoms with E-state index in [0.717, 1.165) is 0 Å². The van der Waals surface area contributed by atoms with Gasteiger partial charge in [0, 0.05) is 4.86 Å². The average molecular weight is 293 g/mol. The lowest BCUT2D eigenvalue weighted by molar-refractivity contribution is 0.818. The van der Waals surface area contributed by atoms with Crippen molar-refractivity contribution in [2.45, 2.75) is 19.3 Å². The minimum atomic E-state index is 0.424. The van der Waals surface area contributed by atoms with Crippen LogP contribution in [0.4, 0.5) is 0 Å². The second-order valence-electron chi connectivity index (χ2n) is 3.52. The number of allylic oxidation sites excluding steroid dienone is 2.